The number of rotatable bonds is 1. The van der Waals surface area contributed by atoms with Crippen molar-refractivity contribution in [1.29, 1.82) is 0 Å². The predicted molar refractivity (Wildman–Crippen MR) is 70.8 cm³/mol. The minimum atomic E-state index is 0.0424. The highest BCUT2D eigenvalue weighted by Crippen LogP contribution is 2.34. The highest BCUT2D eigenvalue weighted by atomic mass is 16.5. The van der Waals surface area contributed by atoms with Gasteiger partial charge in [0.2, 0.25) is 5.91 Å². The number of ether oxygens (including phenoxy) is 1. The summed E-state index contributed by atoms with van der Waals surface area (Å²) in [5.74, 6) is 0.0424. The molecule has 0 unspecified atom stereocenters. The van der Waals surface area contributed by atoms with Gasteiger partial charge in [-0.3, -0.25) is 4.79 Å². The van der Waals surface area contributed by atoms with Gasteiger partial charge in [0.1, 0.15) is 0 Å². The standard InChI is InChI=1S/C13H17N3O2/c14-10-6-9-7-13(17)15-11(9)8-12(10)16-2-1-4-18-5-3-16/h6,8H,1-5,7,14H2,(H,15,17). The van der Waals surface area contributed by atoms with Crippen LogP contribution in [0.1, 0.15) is 12.0 Å². The van der Waals surface area contributed by atoms with E-state index in [9.17, 15) is 4.79 Å². The first kappa shape index (κ1) is 11.3. The smallest absolute Gasteiger partial charge is 0.228 e. The Labute approximate surface area is 106 Å². The van der Waals surface area contributed by atoms with Gasteiger partial charge in [0.25, 0.3) is 0 Å². The third kappa shape index (κ3) is 2.01. The number of anilines is 3. The van der Waals surface area contributed by atoms with Crippen LogP contribution in [0, 0.1) is 0 Å². The molecule has 0 saturated carbocycles. The van der Waals surface area contributed by atoms with Crippen LogP contribution in [0.15, 0.2) is 12.1 Å². The maximum absolute atomic E-state index is 11.4. The van der Waals surface area contributed by atoms with Crippen molar-refractivity contribution in [2.24, 2.45) is 0 Å². The van der Waals surface area contributed by atoms with Crippen LogP contribution in [0.2, 0.25) is 0 Å². The minimum absolute atomic E-state index is 0.0424. The molecular formula is C13H17N3O2. The van der Waals surface area contributed by atoms with Crippen LogP contribution in [-0.2, 0) is 16.0 Å². The summed E-state index contributed by atoms with van der Waals surface area (Å²) in [5.41, 5.74) is 9.73. The lowest BCUT2D eigenvalue weighted by Crippen LogP contribution is -2.26. The molecule has 1 aromatic carbocycles. The molecule has 2 heterocycles. The molecule has 2 aliphatic rings. The van der Waals surface area contributed by atoms with Crippen LogP contribution in [0.5, 0.6) is 0 Å². The summed E-state index contributed by atoms with van der Waals surface area (Å²) in [6, 6.07) is 3.90. The third-order valence-electron chi connectivity index (χ3n) is 3.44. The van der Waals surface area contributed by atoms with Crippen molar-refractivity contribution in [2.45, 2.75) is 12.8 Å². The molecule has 1 aromatic rings. The molecule has 18 heavy (non-hydrogen) atoms. The third-order valence-corrected chi connectivity index (χ3v) is 3.44. The first-order chi connectivity index (χ1) is 8.74. The van der Waals surface area contributed by atoms with Gasteiger partial charge >= 0.3 is 0 Å². The molecule has 0 aromatic heterocycles. The van der Waals surface area contributed by atoms with E-state index in [1.165, 1.54) is 0 Å². The van der Waals surface area contributed by atoms with Gasteiger partial charge in [-0.1, -0.05) is 0 Å². The Kier molecular flexibility index (Phi) is 2.83. The molecule has 3 rings (SSSR count). The molecule has 0 aliphatic carbocycles. The number of nitrogen functional groups attached to an aromatic ring is 1. The average molecular weight is 247 g/mol. The molecule has 0 spiro atoms. The van der Waals surface area contributed by atoms with E-state index >= 15 is 0 Å². The number of carbonyl (C=O) groups is 1. The Morgan fingerprint density at radius 1 is 1.28 bits per heavy atom. The maximum Gasteiger partial charge on any atom is 0.228 e. The largest absolute Gasteiger partial charge is 0.397 e. The number of benzene rings is 1. The van der Waals surface area contributed by atoms with E-state index < -0.39 is 0 Å². The maximum atomic E-state index is 11.4. The number of hydrogen-bond acceptors (Lipinski definition) is 4. The number of carbonyl (C=O) groups excluding carboxylic acids is 1. The fourth-order valence-electron chi connectivity index (χ4n) is 2.54. The molecule has 3 N–H and O–H groups in total. The first-order valence-electron chi connectivity index (χ1n) is 6.29. The first-order valence-corrected chi connectivity index (χ1v) is 6.29. The lowest BCUT2D eigenvalue weighted by molar-refractivity contribution is -0.115. The summed E-state index contributed by atoms with van der Waals surface area (Å²) < 4.78 is 5.44. The highest BCUT2D eigenvalue weighted by Gasteiger charge is 2.21. The minimum Gasteiger partial charge on any atom is -0.397 e. The Hall–Kier alpha value is -1.75. The number of nitrogens with one attached hydrogen (secondary N) is 1. The predicted octanol–water partition coefficient (Wildman–Crippen LogP) is 0.990. The zero-order valence-electron chi connectivity index (χ0n) is 10.2. The second-order valence-electron chi connectivity index (χ2n) is 4.75. The molecular weight excluding hydrogens is 230 g/mol. The summed E-state index contributed by atoms with van der Waals surface area (Å²) in [7, 11) is 0. The van der Waals surface area contributed by atoms with Gasteiger partial charge in [0, 0.05) is 25.4 Å². The van der Waals surface area contributed by atoms with Crippen molar-refractivity contribution in [1.82, 2.24) is 0 Å². The normalized spacial score (nSPS) is 19.3. The van der Waals surface area contributed by atoms with Crippen molar-refractivity contribution in [3.63, 3.8) is 0 Å². The Morgan fingerprint density at radius 3 is 3.06 bits per heavy atom. The highest BCUT2D eigenvalue weighted by molar-refractivity contribution is 6.00. The van der Waals surface area contributed by atoms with Crippen LogP contribution < -0.4 is 16.0 Å². The zero-order valence-corrected chi connectivity index (χ0v) is 10.2. The van der Waals surface area contributed by atoms with Crippen LogP contribution in [0.4, 0.5) is 17.1 Å². The number of nitrogens with zero attached hydrogens (tertiary/aromatic N) is 1. The zero-order chi connectivity index (χ0) is 12.5. The molecule has 5 heteroatoms. The molecule has 1 saturated heterocycles. The number of amides is 1. The Morgan fingerprint density at radius 2 is 2.17 bits per heavy atom. The van der Waals surface area contributed by atoms with Crippen molar-refractivity contribution in [3.05, 3.63) is 17.7 Å². The van der Waals surface area contributed by atoms with Crippen molar-refractivity contribution >= 4 is 23.0 Å². The SMILES string of the molecule is Nc1cc2c(cc1N1CCCOCC1)NC(=O)C2. The lowest BCUT2D eigenvalue weighted by atomic mass is 10.1. The number of nitrogens with two attached hydrogens (primary N) is 1. The van der Waals surface area contributed by atoms with Gasteiger partial charge in [-0.25, -0.2) is 0 Å². The molecule has 1 amide bonds. The van der Waals surface area contributed by atoms with E-state index in [1.54, 1.807) is 0 Å². The van der Waals surface area contributed by atoms with E-state index in [1.807, 2.05) is 12.1 Å². The molecule has 1 fully saturated rings. The summed E-state index contributed by atoms with van der Waals surface area (Å²) in [4.78, 5) is 13.6. The number of hydrogen-bond donors (Lipinski definition) is 2. The van der Waals surface area contributed by atoms with Gasteiger partial charge in [-0.05, 0) is 24.1 Å². The van der Waals surface area contributed by atoms with E-state index in [0.717, 1.165) is 55.3 Å². The molecule has 0 radical (unpaired) electrons. The molecule has 5 nitrogen and oxygen atoms in total. The van der Waals surface area contributed by atoms with Gasteiger partial charge < -0.3 is 20.7 Å². The lowest BCUT2D eigenvalue weighted by Gasteiger charge is -2.24. The summed E-state index contributed by atoms with van der Waals surface area (Å²) in [5, 5.41) is 2.87. The summed E-state index contributed by atoms with van der Waals surface area (Å²) in [6.45, 7) is 3.31. The molecule has 0 atom stereocenters. The number of fused-ring (bicyclic) bond motifs is 1. The van der Waals surface area contributed by atoms with Crippen molar-refractivity contribution < 1.29 is 9.53 Å². The van der Waals surface area contributed by atoms with Crippen LogP contribution in [0.3, 0.4) is 0 Å². The van der Waals surface area contributed by atoms with Crippen LogP contribution in [-0.4, -0.2) is 32.2 Å². The van der Waals surface area contributed by atoms with Crippen molar-refractivity contribution in [3.8, 4) is 0 Å². The van der Waals surface area contributed by atoms with Gasteiger partial charge in [0.15, 0.2) is 0 Å². The molecule has 0 bridgehead atoms. The second kappa shape index (κ2) is 4.49. The topological polar surface area (TPSA) is 67.6 Å². The van der Waals surface area contributed by atoms with Crippen LogP contribution >= 0.6 is 0 Å². The van der Waals surface area contributed by atoms with Gasteiger partial charge in [-0.15, -0.1) is 0 Å². The van der Waals surface area contributed by atoms with E-state index in [4.69, 9.17) is 10.5 Å². The average Bonchev–Trinajstić information content (AvgIpc) is 2.55. The van der Waals surface area contributed by atoms with Gasteiger partial charge in [0.05, 0.1) is 24.4 Å². The Bertz CT molecular complexity index is 479. The summed E-state index contributed by atoms with van der Waals surface area (Å²) >= 11 is 0. The molecule has 2 aliphatic heterocycles. The van der Waals surface area contributed by atoms with E-state index in [0.29, 0.717) is 6.42 Å². The fourth-order valence-corrected chi connectivity index (χ4v) is 2.54. The van der Waals surface area contributed by atoms with E-state index in [2.05, 4.69) is 10.2 Å². The van der Waals surface area contributed by atoms with Crippen molar-refractivity contribution in [2.75, 3.05) is 42.3 Å². The fraction of sp³-hybridized carbons (Fsp3) is 0.462. The van der Waals surface area contributed by atoms with Crippen LogP contribution in [0.25, 0.3) is 0 Å². The molecule has 96 valence electrons. The Balaban J connectivity index is 1.92. The monoisotopic (exact) mass is 247 g/mol. The second-order valence-corrected chi connectivity index (χ2v) is 4.75. The van der Waals surface area contributed by atoms with E-state index in [-0.39, 0.29) is 5.91 Å². The summed E-state index contributed by atoms with van der Waals surface area (Å²) in [6.07, 6.45) is 1.44. The van der Waals surface area contributed by atoms with Gasteiger partial charge in [-0.2, -0.15) is 0 Å². The quantitative estimate of drug-likeness (QED) is 0.726.